The van der Waals surface area contributed by atoms with Crippen LogP contribution in [0.15, 0.2) is 30.3 Å². The molecule has 114 valence electrons. The van der Waals surface area contributed by atoms with Gasteiger partial charge in [0.2, 0.25) is 0 Å². The number of ether oxygens (including phenoxy) is 1. The first-order chi connectivity index (χ1) is 10.5. The summed E-state index contributed by atoms with van der Waals surface area (Å²) in [4.78, 5) is 4.66. The Morgan fingerprint density at radius 1 is 1.14 bits per heavy atom. The van der Waals surface area contributed by atoms with Crippen molar-refractivity contribution in [2.24, 2.45) is 0 Å². The maximum atomic E-state index is 6.24. The number of imidazole rings is 1. The van der Waals surface area contributed by atoms with Crippen LogP contribution in [0.3, 0.4) is 0 Å². The molecular formula is C18H21N3O. The van der Waals surface area contributed by atoms with E-state index in [-0.39, 0.29) is 0 Å². The number of benzene rings is 2. The molecule has 0 spiro atoms. The van der Waals surface area contributed by atoms with E-state index >= 15 is 0 Å². The van der Waals surface area contributed by atoms with Crippen molar-refractivity contribution in [3.05, 3.63) is 52.8 Å². The minimum absolute atomic E-state index is 0.772. The van der Waals surface area contributed by atoms with Crippen molar-refractivity contribution in [2.75, 3.05) is 12.8 Å². The quantitative estimate of drug-likeness (QED) is 0.751. The van der Waals surface area contributed by atoms with E-state index in [9.17, 15) is 0 Å². The van der Waals surface area contributed by atoms with E-state index in [1.54, 1.807) is 7.11 Å². The fraction of sp³-hybridized carbons (Fsp3) is 0.278. The van der Waals surface area contributed by atoms with Gasteiger partial charge in [-0.2, -0.15) is 0 Å². The Morgan fingerprint density at radius 3 is 2.45 bits per heavy atom. The molecule has 0 saturated heterocycles. The molecule has 4 nitrogen and oxygen atoms in total. The Balaban J connectivity index is 2.08. The number of hydrogen-bond acceptors (Lipinski definition) is 3. The van der Waals surface area contributed by atoms with Gasteiger partial charge in [0.15, 0.2) is 0 Å². The molecule has 0 amide bonds. The summed E-state index contributed by atoms with van der Waals surface area (Å²) in [6.45, 7) is 6.93. The second-order valence-electron chi connectivity index (χ2n) is 5.69. The molecule has 0 unspecified atom stereocenters. The molecule has 22 heavy (non-hydrogen) atoms. The third kappa shape index (κ3) is 2.30. The molecule has 3 aromatic rings. The molecule has 0 radical (unpaired) electrons. The molecule has 0 aliphatic rings. The lowest BCUT2D eigenvalue weighted by Gasteiger charge is -2.10. The van der Waals surface area contributed by atoms with Crippen LogP contribution >= 0.6 is 0 Å². The summed E-state index contributed by atoms with van der Waals surface area (Å²) in [6, 6.07) is 10.3. The third-order valence-corrected chi connectivity index (χ3v) is 4.30. The number of rotatable bonds is 3. The second-order valence-corrected chi connectivity index (χ2v) is 5.69. The molecule has 0 atom stereocenters. The maximum absolute atomic E-state index is 6.24. The van der Waals surface area contributed by atoms with Crippen molar-refractivity contribution in [3.8, 4) is 5.75 Å². The second kappa shape index (κ2) is 5.37. The summed E-state index contributed by atoms with van der Waals surface area (Å²) in [5.41, 5.74) is 12.5. The topological polar surface area (TPSA) is 53.1 Å². The van der Waals surface area contributed by atoms with Crippen molar-refractivity contribution >= 4 is 16.7 Å². The first-order valence-electron chi connectivity index (χ1n) is 7.36. The van der Waals surface area contributed by atoms with Crippen LogP contribution in [0, 0.1) is 20.8 Å². The Morgan fingerprint density at radius 2 is 1.82 bits per heavy atom. The summed E-state index contributed by atoms with van der Waals surface area (Å²) in [5, 5.41) is 0. The molecule has 2 N–H and O–H groups in total. The van der Waals surface area contributed by atoms with Gasteiger partial charge < -0.3 is 15.0 Å². The Kier molecular flexibility index (Phi) is 3.53. The van der Waals surface area contributed by atoms with Crippen molar-refractivity contribution < 1.29 is 4.74 Å². The zero-order valence-corrected chi connectivity index (χ0v) is 13.5. The zero-order chi connectivity index (χ0) is 15.9. The van der Waals surface area contributed by atoms with Gasteiger partial charge in [-0.15, -0.1) is 0 Å². The van der Waals surface area contributed by atoms with Gasteiger partial charge in [0.05, 0.1) is 18.3 Å². The molecule has 0 aliphatic carbocycles. The summed E-state index contributed by atoms with van der Waals surface area (Å²) < 4.78 is 7.42. The number of anilines is 1. The van der Waals surface area contributed by atoms with Gasteiger partial charge in [0.25, 0.3) is 0 Å². The molecule has 4 heteroatoms. The monoisotopic (exact) mass is 295 g/mol. The molecule has 0 bridgehead atoms. The molecule has 0 saturated carbocycles. The Hall–Kier alpha value is -2.49. The van der Waals surface area contributed by atoms with E-state index < -0.39 is 0 Å². The number of fused-ring (bicyclic) bond motifs is 1. The highest BCUT2D eigenvalue weighted by Crippen LogP contribution is 2.28. The minimum Gasteiger partial charge on any atom is -0.497 e. The molecule has 1 heterocycles. The third-order valence-electron chi connectivity index (χ3n) is 4.30. The van der Waals surface area contributed by atoms with Gasteiger partial charge in [-0.3, -0.25) is 0 Å². The van der Waals surface area contributed by atoms with E-state index in [1.165, 1.54) is 11.1 Å². The smallest absolute Gasteiger partial charge is 0.118 e. The van der Waals surface area contributed by atoms with Gasteiger partial charge in [0.1, 0.15) is 17.1 Å². The van der Waals surface area contributed by atoms with Crippen LogP contribution in [0.25, 0.3) is 11.0 Å². The lowest BCUT2D eigenvalue weighted by Crippen LogP contribution is -2.02. The summed E-state index contributed by atoms with van der Waals surface area (Å²) in [6.07, 6.45) is 0. The summed E-state index contributed by atoms with van der Waals surface area (Å²) >= 11 is 0. The van der Waals surface area contributed by atoms with E-state index in [2.05, 4.69) is 34.7 Å². The fourth-order valence-electron chi connectivity index (χ4n) is 2.74. The Labute approximate surface area is 130 Å². The average molecular weight is 295 g/mol. The van der Waals surface area contributed by atoms with Gasteiger partial charge in [0, 0.05) is 6.54 Å². The van der Waals surface area contributed by atoms with E-state index in [4.69, 9.17) is 10.5 Å². The van der Waals surface area contributed by atoms with Crippen molar-refractivity contribution in [2.45, 2.75) is 27.3 Å². The molecule has 2 aromatic carbocycles. The van der Waals surface area contributed by atoms with E-state index in [0.717, 1.165) is 40.4 Å². The summed E-state index contributed by atoms with van der Waals surface area (Å²) in [7, 11) is 1.68. The van der Waals surface area contributed by atoms with Gasteiger partial charge in [-0.1, -0.05) is 12.1 Å². The van der Waals surface area contributed by atoms with Gasteiger partial charge in [-0.25, -0.2) is 4.98 Å². The van der Waals surface area contributed by atoms with Crippen LogP contribution in [-0.2, 0) is 6.54 Å². The minimum atomic E-state index is 0.772. The molecule has 0 fully saturated rings. The number of methoxy groups -OCH3 is 1. The van der Waals surface area contributed by atoms with Crippen molar-refractivity contribution in [3.63, 3.8) is 0 Å². The molecule has 1 aromatic heterocycles. The average Bonchev–Trinajstić information content (AvgIpc) is 2.82. The fourth-order valence-corrected chi connectivity index (χ4v) is 2.74. The van der Waals surface area contributed by atoms with Crippen molar-refractivity contribution in [1.29, 1.82) is 0 Å². The SMILES string of the molecule is COc1ccc(Cn2c(C)nc3c(N)c(C)c(C)cc32)cc1. The number of nitrogens with two attached hydrogens (primary N) is 1. The van der Waals surface area contributed by atoms with Crippen LogP contribution in [0.2, 0.25) is 0 Å². The first-order valence-corrected chi connectivity index (χ1v) is 7.36. The van der Waals surface area contributed by atoms with Crippen molar-refractivity contribution in [1.82, 2.24) is 9.55 Å². The highest BCUT2D eigenvalue weighted by molar-refractivity contribution is 5.90. The highest BCUT2D eigenvalue weighted by atomic mass is 16.5. The molecular weight excluding hydrogens is 274 g/mol. The predicted octanol–water partition coefficient (Wildman–Crippen LogP) is 3.60. The van der Waals surface area contributed by atoms with Crippen LogP contribution in [0.1, 0.15) is 22.5 Å². The number of aryl methyl sites for hydroxylation is 2. The first kappa shape index (κ1) is 14.4. The van der Waals surface area contributed by atoms with E-state index in [0.29, 0.717) is 0 Å². The van der Waals surface area contributed by atoms with E-state index in [1.807, 2.05) is 26.0 Å². The number of hydrogen-bond donors (Lipinski definition) is 1. The maximum Gasteiger partial charge on any atom is 0.118 e. The van der Waals surface area contributed by atoms with Crippen LogP contribution in [0.4, 0.5) is 5.69 Å². The Bertz CT molecular complexity index is 832. The standard InChI is InChI=1S/C18H21N3O/c1-11-9-16-18(17(19)12(11)2)20-13(3)21(16)10-14-5-7-15(22-4)8-6-14/h5-9H,10,19H2,1-4H3. The lowest BCUT2D eigenvalue weighted by atomic mass is 10.1. The zero-order valence-electron chi connectivity index (χ0n) is 13.5. The van der Waals surface area contributed by atoms with Crippen LogP contribution in [0.5, 0.6) is 5.75 Å². The molecule has 0 aliphatic heterocycles. The number of aromatic nitrogens is 2. The lowest BCUT2D eigenvalue weighted by molar-refractivity contribution is 0.414. The van der Waals surface area contributed by atoms with Gasteiger partial charge in [-0.05, 0) is 55.7 Å². The van der Waals surface area contributed by atoms with Gasteiger partial charge >= 0.3 is 0 Å². The van der Waals surface area contributed by atoms with Crippen LogP contribution < -0.4 is 10.5 Å². The number of nitrogens with zero attached hydrogens (tertiary/aromatic N) is 2. The predicted molar refractivity (Wildman–Crippen MR) is 90.5 cm³/mol. The molecule has 3 rings (SSSR count). The van der Waals surface area contributed by atoms with Crippen LogP contribution in [-0.4, -0.2) is 16.7 Å². The largest absolute Gasteiger partial charge is 0.497 e. The number of nitrogen functional groups attached to an aromatic ring is 1. The normalized spacial score (nSPS) is 11.1. The summed E-state index contributed by atoms with van der Waals surface area (Å²) in [5.74, 6) is 1.84. The highest BCUT2D eigenvalue weighted by Gasteiger charge is 2.13.